The first kappa shape index (κ1) is 21.5. The molecule has 0 saturated carbocycles. The van der Waals surface area contributed by atoms with Crippen LogP contribution in [0.5, 0.6) is 0 Å². The second kappa shape index (κ2) is 10.0. The number of nitrogens with zero attached hydrogens (tertiary/aromatic N) is 2. The number of nitrogens with one attached hydrogen (secondary N) is 2. The van der Waals surface area contributed by atoms with Crippen LogP contribution in [-0.2, 0) is 17.9 Å². The number of benzene rings is 2. The standard InChI is InChI=1S/C23H28N4O3/c1-15(2)21-26-22(30-27-21)19-9-11-20(12-10-19)25-23(28)24-13-17-5-7-18(8-6-17)14-29-16(3)4/h5-12,15-16H,13-14H2,1-4H3,(H2,24,25,28). The molecule has 0 atom stereocenters. The molecule has 7 nitrogen and oxygen atoms in total. The number of hydrogen-bond acceptors (Lipinski definition) is 5. The summed E-state index contributed by atoms with van der Waals surface area (Å²) in [7, 11) is 0. The molecule has 3 rings (SSSR count). The highest BCUT2D eigenvalue weighted by atomic mass is 16.5. The lowest BCUT2D eigenvalue weighted by molar-refractivity contribution is 0.0657. The van der Waals surface area contributed by atoms with E-state index in [1.807, 2.05) is 64.1 Å². The van der Waals surface area contributed by atoms with Crippen LogP contribution in [0.25, 0.3) is 11.5 Å². The minimum Gasteiger partial charge on any atom is -0.374 e. The number of aromatic nitrogens is 2. The molecule has 30 heavy (non-hydrogen) atoms. The maximum Gasteiger partial charge on any atom is 0.319 e. The Morgan fingerprint density at radius 2 is 1.67 bits per heavy atom. The molecule has 158 valence electrons. The summed E-state index contributed by atoms with van der Waals surface area (Å²) >= 11 is 0. The van der Waals surface area contributed by atoms with Gasteiger partial charge in [0.1, 0.15) is 0 Å². The van der Waals surface area contributed by atoms with E-state index in [4.69, 9.17) is 9.26 Å². The fourth-order valence-corrected chi connectivity index (χ4v) is 2.66. The third kappa shape index (κ3) is 6.15. The summed E-state index contributed by atoms with van der Waals surface area (Å²) < 4.78 is 10.9. The third-order valence-corrected chi connectivity index (χ3v) is 4.41. The second-order valence-corrected chi connectivity index (χ2v) is 7.67. The zero-order chi connectivity index (χ0) is 21.5. The average molecular weight is 409 g/mol. The number of carbonyl (C=O) groups is 1. The van der Waals surface area contributed by atoms with Crippen molar-refractivity contribution < 1.29 is 14.1 Å². The van der Waals surface area contributed by atoms with Crippen LogP contribution < -0.4 is 10.6 Å². The first-order valence-electron chi connectivity index (χ1n) is 10.1. The van der Waals surface area contributed by atoms with Crippen LogP contribution in [0.4, 0.5) is 10.5 Å². The Balaban J connectivity index is 1.48. The van der Waals surface area contributed by atoms with Crippen molar-refractivity contribution in [2.24, 2.45) is 0 Å². The fourth-order valence-electron chi connectivity index (χ4n) is 2.66. The van der Waals surface area contributed by atoms with Crippen molar-refractivity contribution in [3.8, 4) is 11.5 Å². The van der Waals surface area contributed by atoms with E-state index in [9.17, 15) is 4.79 Å². The van der Waals surface area contributed by atoms with Gasteiger partial charge in [-0.15, -0.1) is 0 Å². The molecule has 0 fully saturated rings. The molecule has 0 spiro atoms. The molecule has 0 bridgehead atoms. The number of ether oxygens (including phenoxy) is 1. The highest BCUT2D eigenvalue weighted by Gasteiger charge is 2.11. The average Bonchev–Trinajstić information content (AvgIpc) is 3.23. The number of amides is 2. The molecule has 0 aliphatic rings. The predicted octanol–water partition coefficient (Wildman–Crippen LogP) is 5.11. The summed E-state index contributed by atoms with van der Waals surface area (Å²) in [6.07, 6.45) is 0.202. The highest BCUT2D eigenvalue weighted by Crippen LogP contribution is 2.21. The molecular weight excluding hydrogens is 380 g/mol. The van der Waals surface area contributed by atoms with E-state index in [0.29, 0.717) is 30.6 Å². The van der Waals surface area contributed by atoms with Gasteiger partial charge < -0.3 is 19.9 Å². The van der Waals surface area contributed by atoms with Crippen molar-refractivity contribution in [3.05, 3.63) is 65.5 Å². The quantitative estimate of drug-likeness (QED) is 0.541. The monoisotopic (exact) mass is 408 g/mol. The van der Waals surface area contributed by atoms with Gasteiger partial charge in [0.2, 0.25) is 0 Å². The Bertz CT molecular complexity index is 947. The normalized spacial score (nSPS) is 11.1. The first-order chi connectivity index (χ1) is 14.4. The van der Waals surface area contributed by atoms with Crippen LogP contribution in [0, 0.1) is 0 Å². The summed E-state index contributed by atoms with van der Waals surface area (Å²) in [5.41, 5.74) is 3.62. The van der Waals surface area contributed by atoms with Crippen molar-refractivity contribution in [2.75, 3.05) is 5.32 Å². The van der Waals surface area contributed by atoms with Crippen molar-refractivity contribution in [3.63, 3.8) is 0 Å². The smallest absolute Gasteiger partial charge is 0.319 e. The number of urea groups is 1. The lowest BCUT2D eigenvalue weighted by Gasteiger charge is -2.10. The predicted molar refractivity (Wildman–Crippen MR) is 116 cm³/mol. The van der Waals surface area contributed by atoms with Gasteiger partial charge in [0.15, 0.2) is 5.82 Å². The Morgan fingerprint density at radius 3 is 2.27 bits per heavy atom. The Kier molecular flexibility index (Phi) is 7.19. The molecule has 2 aromatic carbocycles. The van der Waals surface area contributed by atoms with Gasteiger partial charge >= 0.3 is 6.03 Å². The van der Waals surface area contributed by atoms with Crippen LogP contribution in [0.2, 0.25) is 0 Å². The van der Waals surface area contributed by atoms with Crippen molar-refractivity contribution in [1.29, 1.82) is 0 Å². The van der Waals surface area contributed by atoms with E-state index in [1.54, 1.807) is 12.1 Å². The van der Waals surface area contributed by atoms with E-state index in [0.717, 1.165) is 16.7 Å². The molecule has 2 N–H and O–H groups in total. The Hall–Kier alpha value is -3.19. The Labute approximate surface area is 176 Å². The maximum absolute atomic E-state index is 12.2. The molecule has 0 unspecified atom stereocenters. The van der Waals surface area contributed by atoms with Gasteiger partial charge in [0.25, 0.3) is 5.89 Å². The lowest BCUT2D eigenvalue weighted by Crippen LogP contribution is -2.28. The summed E-state index contributed by atoms with van der Waals surface area (Å²) in [6, 6.07) is 15.0. The topological polar surface area (TPSA) is 89.3 Å². The number of anilines is 1. The van der Waals surface area contributed by atoms with Crippen molar-refractivity contribution >= 4 is 11.7 Å². The van der Waals surface area contributed by atoms with Crippen LogP contribution in [-0.4, -0.2) is 22.3 Å². The summed E-state index contributed by atoms with van der Waals surface area (Å²) in [5.74, 6) is 1.35. The van der Waals surface area contributed by atoms with Gasteiger partial charge in [-0.3, -0.25) is 0 Å². The van der Waals surface area contributed by atoms with Crippen molar-refractivity contribution in [1.82, 2.24) is 15.5 Å². The first-order valence-corrected chi connectivity index (χ1v) is 10.1. The molecule has 7 heteroatoms. The van der Waals surface area contributed by atoms with E-state index in [2.05, 4.69) is 20.8 Å². The summed E-state index contributed by atoms with van der Waals surface area (Å²) in [4.78, 5) is 16.6. The van der Waals surface area contributed by atoms with Gasteiger partial charge in [-0.1, -0.05) is 43.3 Å². The van der Waals surface area contributed by atoms with E-state index in [-0.39, 0.29) is 18.1 Å². The zero-order valence-electron chi connectivity index (χ0n) is 17.8. The molecule has 2 amide bonds. The van der Waals surface area contributed by atoms with Crippen LogP contribution in [0.3, 0.4) is 0 Å². The van der Waals surface area contributed by atoms with Gasteiger partial charge in [-0.25, -0.2) is 4.79 Å². The molecule has 3 aromatic rings. The molecule has 0 radical (unpaired) electrons. The summed E-state index contributed by atoms with van der Waals surface area (Å²) in [5, 5.41) is 9.65. The van der Waals surface area contributed by atoms with Crippen LogP contribution >= 0.6 is 0 Å². The maximum atomic E-state index is 12.2. The largest absolute Gasteiger partial charge is 0.374 e. The molecular formula is C23H28N4O3. The molecule has 1 aromatic heterocycles. The molecule has 0 aliphatic carbocycles. The van der Waals surface area contributed by atoms with Crippen LogP contribution in [0.15, 0.2) is 53.1 Å². The number of rotatable bonds is 8. The minimum atomic E-state index is -0.269. The van der Waals surface area contributed by atoms with Gasteiger partial charge in [0, 0.05) is 23.7 Å². The third-order valence-electron chi connectivity index (χ3n) is 4.41. The number of hydrogen-bond donors (Lipinski definition) is 2. The zero-order valence-corrected chi connectivity index (χ0v) is 17.8. The van der Waals surface area contributed by atoms with Crippen molar-refractivity contribution in [2.45, 2.75) is 52.9 Å². The van der Waals surface area contributed by atoms with Gasteiger partial charge in [-0.05, 0) is 49.2 Å². The van der Waals surface area contributed by atoms with Gasteiger partial charge in [0.05, 0.1) is 12.7 Å². The Morgan fingerprint density at radius 1 is 1.00 bits per heavy atom. The van der Waals surface area contributed by atoms with E-state index < -0.39 is 0 Å². The number of carbonyl (C=O) groups excluding carboxylic acids is 1. The lowest BCUT2D eigenvalue weighted by atomic mass is 10.1. The molecule has 1 heterocycles. The molecule has 0 aliphatic heterocycles. The summed E-state index contributed by atoms with van der Waals surface area (Å²) in [6.45, 7) is 9.07. The fraction of sp³-hybridized carbons (Fsp3) is 0.348. The second-order valence-electron chi connectivity index (χ2n) is 7.67. The van der Waals surface area contributed by atoms with E-state index in [1.165, 1.54) is 0 Å². The van der Waals surface area contributed by atoms with Crippen LogP contribution in [0.1, 0.15) is 50.6 Å². The highest BCUT2D eigenvalue weighted by molar-refractivity contribution is 5.89. The minimum absolute atomic E-state index is 0.202. The molecule has 0 saturated heterocycles. The SMILES string of the molecule is CC(C)OCc1ccc(CNC(=O)Nc2ccc(-c3nc(C(C)C)no3)cc2)cc1. The van der Waals surface area contributed by atoms with E-state index >= 15 is 0 Å². The van der Waals surface area contributed by atoms with Gasteiger partial charge in [-0.2, -0.15) is 4.98 Å².